The lowest BCUT2D eigenvalue weighted by atomic mass is 9.52. The van der Waals surface area contributed by atoms with Crippen molar-refractivity contribution in [2.24, 2.45) is 22.2 Å². The van der Waals surface area contributed by atoms with E-state index in [0.717, 1.165) is 5.92 Å². The van der Waals surface area contributed by atoms with Crippen molar-refractivity contribution in [3.05, 3.63) is 0 Å². The zero-order valence-electron chi connectivity index (χ0n) is 19.1. The Kier molecular flexibility index (Phi) is 8.55. The van der Waals surface area contributed by atoms with Crippen LogP contribution in [-0.4, -0.2) is 0 Å². The molecule has 2 aliphatic carbocycles. The molecule has 2 fully saturated rings. The largest absolute Gasteiger partial charge is 0.0654 e. The second kappa shape index (κ2) is 9.97. The van der Waals surface area contributed by atoms with Gasteiger partial charge in [-0.1, -0.05) is 105 Å². The smallest absolute Gasteiger partial charge is 0.0259 e. The molecule has 1 unspecified atom stereocenters. The lowest BCUT2D eigenvalue weighted by Gasteiger charge is -2.53. The third-order valence-corrected chi connectivity index (χ3v) is 7.62. The Morgan fingerprint density at radius 3 is 1.69 bits per heavy atom. The van der Waals surface area contributed by atoms with Gasteiger partial charge in [-0.3, -0.25) is 0 Å². The normalized spacial score (nSPS) is 26.4. The van der Waals surface area contributed by atoms with E-state index >= 15 is 0 Å². The van der Waals surface area contributed by atoms with Gasteiger partial charge in [-0.15, -0.1) is 0 Å². The van der Waals surface area contributed by atoms with Gasteiger partial charge in [0.25, 0.3) is 0 Å². The first-order valence-electron chi connectivity index (χ1n) is 12.3. The van der Waals surface area contributed by atoms with Crippen molar-refractivity contribution in [2.75, 3.05) is 0 Å². The van der Waals surface area contributed by atoms with Crippen LogP contribution in [0.5, 0.6) is 0 Å². The molecule has 0 aromatic rings. The number of rotatable bonds is 11. The lowest BCUT2D eigenvalue weighted by molar-refractivity contribution is -0.0292. The fraction of sp³-hybridized carbons (Fsp3) is 1.00. The van der Waals surface area contributed by atoms with Gasteiger partial charge in [0.05, 0.1) is 0 Å². The van der Waals surface area contributed by atoms with Crippen molar-refractivity contribution in [3.63, 3.8) is 0 Å². The van der Waals surface area contributed by atoms with Gasteiger partial charge < -0.3 is 0 Å². The Bertz CT molecular complexity index is 373. The van der Waals surface area contributed by atoms with E-state index < -0.39 is 0 Å². The van der Waals surface area contributed by atoms with Crippen LogP contribution in [0.1, 0.15) is 144 Å². The highest BCUT2D eigenvalue weighted by molar-refractivity contribution is 5.02. The number of unbranched alkanes of at least 4 members (excludes halogenated alkanes) is 9. The highest BCUT2D eigenvalue weighted by atomic mass is 14.6. The Labute approximate surface area is 166 Å². The summed E-state index contributed by atoms with van der Waals surface area (Å²) in [7, 11) is 0. The van der Waals surface area contributed by atoms with Crippen molar-refractivity contribution in [1.82, 2.24) is 0 Å². The molecule has 0 aliphatic heterocycles. The van der Waals surface area contributed by atoms with E-state index in [1.54, 1.807) is 0 Å². The third kappa shape index (κ3) is 6.87. The van der Waals surface area contributed by atoms with Gasteiger partial charge in [0, 0.05) is 0 Å². The fourth-order valence-corrected chi connectivity index (χ4v) is 7.39. The van der Waals surface area contributed by atoms with Crippen molar-refractivity contribution in [3.8, 4) is 0 Å². The lowest BCUT2D eigenvalue weighted by Crippen LogP contribution is -2.43. The Balaban J connectivity index is 1.66. The highest BCUT2D eigenvalue weighted by Gasteiger charge is 2.52. The van der Waals surface area contributed by atoms with Crippen LogP contribution in [-0.2, 0) is 0 Å². The Morgan fingerprint density at radius 2 is 1.15 bits per heavy atom. The molecule has 1 spiro atoms. The molecular weight excluding hydrogens is 312 g/mol. The molecule has 154 valence electrons. The van der Waals surface area contributed by atoms with Crippen molar-refractivity contribution >= 4 is 0 Å². The third-order valence-electron chi connectivity index (χ3n) is 7.62. The van der Waals surface area contributed by atoms with Crippen LogP contribution < -0.4 is 0 Å². The van der Waals surface area contributed by atoms with E-state index in [0.29, 0.717) is 16.2 Å². The van der Waals surface area contributed by atoms with E-state index in [4.69, 9.17) is 0 Å². The van der Waals surface area contributed by atoms with Crippen LogP contribution in [0.2, 0.25) is 0 Å². The quantitative estimate of drug-likeness (QED) is 0.321. The molecule has 0 saturated heterocycles. The van der Waals surface area contributed by atoms with E-state index in [9.17, 15) is 0 Å². The highest BCUT2D eigenvalue weighted by Crippen LogP contribution is 2.63. The SMILES string of the molecule is CCCCCCCCCCCCC1CCCC12CC(C)(C)CC(C)(C)C2. The van der Waals surface area contributed by atoms with E-state index in [2.05, 4.69) is 34.6 Å². The average Bonchev–Trinajstić information content (AvgIpc) is 2.87. The molecular formula is C26H50. The molecule has 0 radical (unpaired) electrons. The first-order chi connectivity index (χ1) is 12.3. The summed E-state index contributed by atoms with van der Waals surface area (Å²) in [4.78, 5) is 0. The summed E-state index contributed by atoms with van der Waals surface area (Å²) in [6.45, 7) is 12.5. The zero-order valence-corrected chi connectivity index (χ0v) is 19.1. The van der Waals surface area contributed by atoms with Gasteiger partial charge >= 0.3 is 0 Å². The van der Waals surface area contributed by atoms with Gasteiger partial charge in [-0.25, -0.2) is 0 Å². The van der Waals surface area contributed by atoms with Crippen LogP contribution in [0, 0.1) is 22.2 Å². The molecule has 0 nitrogen and oxygen atoms in total. The Hall–Kier alpha value is 0. The standard InChI is InChI=1S/C26H50/c1-6-7-8-9-10-11-12-13-14-15-17-23-18-16-19-26(23)21-24(2,3)20-25(4,5)22-26/h23H,6-22H2,1-5H3. The molecule has 2 rings (SSSR count). The summed E-state index contributed by atoms with van der Waals surface area (Å²) in [5, 5.41) is 0. The average molecular weight is 363 g/mol. The zero-order chi connectivity index (χ0) is 19.1. The molecule has 0 amide bonds. The second-order valence-electron chi connectivity index (χ2n) is 11.8. The second-order valence-corrected chi connectivity index (χ2v) is 11.8. The molecule has 2 saturated carbocycles. The fourth-order valence-electron chi connectivity index (χ4n) is 7.39. The summed E-state index contributed by atoms with van der Waals surface area (Å²) in [5.41, 5.74) is 1.81. The van der Waals surface area contributed by atoms with Gasteiger partial charge in [0.1, 0.15) is 0 Å². The first-order valence-corrected chi connectivity index (χ1v) is 12.3. The first kappa shape index (κ1) is 22.3. The minimum Gasteiger partial charge on any atom is -0.0654 e. The Morgan fingerprint density at radius 1 is 0.654 bits per heavy atom. The summed E-state index contributed by atoms with van der Waals surface area (Å²) in [5.74, 6) is 1.04. The summed E-state index contributed by atoms with van der Waals surface area (Å²) >= 11 is 0. The predicted molar refractivity (Wildman–Crippen MR) is 118 cm³/mol. The van der Waals surface area contributed by atoms with Crippen molar-refractivity contribution < 1.29 is 0 Å². The molecule has 0 aromatic heterocycles. The maximum atomic E-state index is 2.55. The minimum atomic E-state index is 0.558. The topological polar surface area (TPSA) is 0 Å². The molecule has 0 aromatic carbocycles. The van der Waals surface area contributed by atoms with Crippen LogP contribution in [0.25, 0.3) is 0 Å². The van der Waals surface area contributed by atoms with Crippen LogP contribution in [0.4, 0.5) is 0 Å². The molecule has 0 heterocycles. The van der Waals surface area contributed by atoms with Crippen LogP contribution in [0.15, 0.2) is 0 Å². The van der Waals surface area contributed by atoms with E-state index in [1.807, 2.05) is 0 Å². The monoisotopic (exact) mass is 362 g/mol. The molecule has 1 atom stereocenters. The van der Waals surface area contributed by atoms with Gasteiger partial charge in [-0.05, 0) is 60.7 Å². The van der Waals surface area contributed by atoms with Gasteiger partial charge in [0.2, 0.25) is 0 Å². The molecule has 0 N–H and O–H groups in total. The summed E-state index contributed by atoms with van der Waals surface area (Å²) in [6, 6.07) is 0. The number of hydrogen-bond acceptors (Lipinski definition) is 0. The molecule has 0 heteroatoms. The van der Waals surface area contributed by atoms with Crippen molar-refractivity contribution in [2.45, 2.75) is 144 Å². The van der Waals surface area contributed by atoms with Gasteiger partial charge in [-0.2, -0.15) is 0 Å². The van der Waals surface area contributed by atoms with Crippen LogP contribution in [0.3, 0.4) is 0 Å². The summed E-state index contributed by atoms with van der Waals surface area (Å²) in [6.07, 6.45) is 25.2. The van der Waals surface area contributed by atoms with Gasteiger partial charge in [0.15, 0.2) is 0 Å². The summed E-state index contributed by atoms with van der Waals surface area (Å²) < 4.78 is 0. The predicted octanol–water partition coefficient (Wildman–Crippen LogP) is 9.32. The number of hydrogen-bond donors (Lipinski definition) is 0. The van der Waals surface area contributed by atoms with E-state index in [-0.39, 0.29) is 0 Å². The van der Waals surface area contributed by atoms with E-state index in [1.165, 1.54) is 109 Å². The molecule has 0 bridgehead atoms. The maximum absolute atomic E-state index is 2.55. The maximum Gasteiger partial charge on any atom is -0.0259 e. The molecule has 26 heavy (non-hydrogen) atoms. The van der Waals surface area contributed by atoms with Crippen molar-refractivity contribution in [1.29, 1.82) is 0 Å². The molecule has 2 aliphatic rings. The van der Waals surface area contributed by atoms with Crippen LogP contribution >= 0.6 is 0 Å². The minimum absolute atomic E-state index is 0.558.